The van der Waals surface area contributed by atoms with Crippen LogP contribution in [-0.4, -0.2) is 4.99 Å². The minimum atomic E-state index is 0.261. The van der Waals surface area contributed by atoms with Gasteiger partial charge in [0.05, 0.1) is 22.0 Å². The molecular weight excluding hydrogens is 414 g/mol. The predicted molar refractivity (Wildman–Crippen MR) is 94.8 cm³/mol. The Labute approximate surface area is 140 Å². The van der Waals surface area contributed by atoms with Gasteiger partial charge in [0.25, 0.3) is 0 Å². The first-order valence-electron chi connectivity index (χ1n) is 5.29. The Balaban J connectivity index is 2.44. The first-order valence-corrected chi connectivity index (χ1v) is 7.53. The molecule has 6 heteroatoms. The molecular formula is C13H9Cl2IN2S. The molecule has 19 heavy (non-hydrogen) atoms. The highest BCUT2D eigenvalue weighted by Gasteiger charge is 2.11. The zero-order valence-corrected chi connectivity index (χ0v) is 14.1. The Kier molecular flexibility index (Phi) is 4.89. The molecule has 0 saturated carbocycles. The molecule has 0 heterocycles. The Morgan fingerprint density at radius 1 is 1.16 bits per heavy atom. The quantitative estimate of drug-likeness (QED) is 0.541. The van der Waals surface area contributed by atoms with E-state index >= 15 is 0 Å². The third-order valence-electron chi connectivity index (χ3n) is 2.46. The SMILES string of the molecule is NC(=S)c1c(Cl)cccc1Nc1ccc(Cl)cc1I. The van der Waals surface area contributed by atoms with Gasteiger partial charge in [-0.05, 0) is 52.9 Å². The van der Waals surface area contributed by atoms with E-state index in [1.54, 1.807) is 6.07 Å². The number of benzene rings is 2. The van der Waals surface area contributed by atoms with E-state index in [1.165, 1.54) is 0 Å². The summed E-state index contributed by atoms with van der Waals surface area (Å²) in [5.74, 6) is 0. The standard InChI is InChI=1S/C13H9Cl2IN2S/c14-7-4-5-10(9(16)6-7)18-11-3-1-2-8(15)12(11)13(17)19/h1-6,18H,(H2,17,19). The lowest BCUT2D eigenvalue weighted by Crippen LogP contribution is -2.12. The van der Waals surface area contributed by atoms with Crippen molar-refractivity contribution in [2.24, 2.45) is 5.73 Å². The monoisotopic (exact) mass is 422 g/mol. The van der Waals surface area contributed by atoms with Gasteiger partial charge in [-0.3, -0.25) is 0 Å². The van der Waals surface area contributed by atoms with Gasteiger partial charge in [-0.2, -0.15) is 0 Å². The lowest BCUT2D eigenvalue weighted by molar-refractivity contribution is 1.50. The summed E-state index contributed by atoms with van der Waals surface area (Å²) >= 11 is 19.3. The molecule has 0 radical (unpaired) electrons. The summed E-state index contributed by atoms with van der Waals surface area (Å²) in [6.07, 6.45) is 0. The summed E-state index contributed by atoms with van der Waals surface area (Å²) in [6, 6.07) is 11.1. The molecule has 0 amide bonds. The summed E-state index contributed by atoms with van der Waals surface area (Å²) in [5, 5.41) is 4.49. The van der Waals surface area contributed by atoms with Crippen molar-refractivity contribution < 1.29 is 0 Å². The van der Waals surface area contributed by atoms with Gasteiger partial charge in [0.1, 0.15) is 4.99 Å². The highest BCUT2D eigenvalue weighted by atomic mass is 127. The van der Waals surface area contributed by atoms with Crippen LogP contribution in [-0.2, 0) is 0 Å². The van der Waals surface area contributed by atoms with Gasteiger partial charge in [0.15, 0.2) is 0 Å². The van der Waals surface area contributed by atoms with Crippen molar-refractivity contribution in [3.05, 3.63) is 55.6 Å². The van der Waals surface area contributed by atoms with Crippen molar-refractivity contribution in [2.45, 2.75) is 0 Å². The van der Waals surface area contributed by atoms with Gasteiger partial charge in [-0.1, -0.05) is 41.5 Å². The van der Waals surface area contributed by atoms with Crippen LogP contribution in [0.2, 0.25) is 10.0 Å². The maximum absolute atomic E-state index is 6.13. The maximum Gasteiger partial charge on any atom is 0.107 e. The molecule has 0 spiro atoms. The third-order valence-corrected chi connectivity index (χ3v) is 4.11. The normalized spacial score (nSPS) is 10.3. The number of anilines is 2. The van der Waals surface area contributed by atoms with Crippen molar-refractivity contribution in [1.82, 2.24) is 0 Å². The molecule has 2 rings (SSSR count). The van der Waals surface area contributed by atoms with Crippen LogP contribution < -0.4 is 11.1 Å². The molecule has 3 N–H and O–H groups in total. The fraction of sp³-hybridized carbons (Fsp3) is 0. The van der Waals surface area contributed by atoms with E-state index in [4.69, 9.17) is 41.2 Å². The first-order chi connectivity index (χ1) is 8.99. The van der Waals surface area contributed by atoms with Gasteiger partial charge in [0.2, 0.25) is 0 Å². The molecule has 2 aromatic carbocycles. The van der Waals surface area contributed by atoms with Crippen LogP contribution >= 0.6 is 58.0 Å². The van der Waals surface area contributed by atoms with Crippen molar-refractivity contribution in [1.29, 1.82) is 0 Å². The van der Waals surface area contributed by atoms with E-state index in [-0.39, 0.29) is 4.99 Å². The second kappa shape index (κ2) is 6.26. The molecule has 98 valence electrons. The fourth-order valence-corrected chi connectivity index (χ4v) is 3.17. The summed E-state index contributed by atoms with van der Waals surface area (Å²) in [4.78, 5) is 0.261. The molecule has 0 aliphatic heterocycles. The van der Waals surface area contributed by atoms with Crippen molar-refractivity contribution in [2.75, 3.05) is 5.32 Å². The van der Waals surface area contributed by atoms with E-state index in [0.29, 0.717) is 15.6 Å². The van der Waals surface area contributed by atoms with Crippen LogP contribution in [0.5, 0.6) is 0 Å². The number of hydrogen-bond donors (Lipinski definition) is 2. The Morgan fingerprint density at radius 2 is 1.89 bits per heavy atom. The smallest absolute Gasteiger partial charge is 0.107 e. The predicted octanol–water partition coefficient (Wildman–Crippen LogP) is 4.98. The average Bonchev–Trinajstić information content (AvgIpc) is 2.32. The van der Waals surface area contributed by atoms with E-state index in [1.807, 2.05) is 30.3 Å². The lowest BCUT2D eigenvalue weighted by atomic mass is 10.1. The van der Waals surface area contributed by atoms with E-state index < -0.39 is 0 Å². The minimum absolute atomic E-state index is 0.261. The summed E-state index contributed by atoms with van der Waals surface area (Å²) in [6.45, 7) is 0. The van der Waals surface area contributed by atoms with Crippen LogP contribution in [0.15, 0.2) is 36.4 Å². The van der Waals surface area contributed by atoms with Gasteiger partial charge >= 0.3 is 0 Å². The summed E-state index contributed by atoms with van der Waals surface area (Å²) in [7, 11) is 0. The van der Waals surface area contributed by atoms with Crippen LogP contribution in [0, 0.1) is 3.57 Å². The van der Waals surface area contributed by atoms with Gasteiger partial charge in [0, 0.05) is 8.59 Å². The fourth-order valence-electron chi connectivity index (χ4n) is 1.61. The highest BCUT2D eigenvalue weighted by Crippen LogP contribution is 2.30. The Bertz CT molecular complexity index is 647. The zero-order valence-electron chi connectivity index (χ0n) is 9.58. The number of nitrogens with two attached hydrogens (primary N) is 1. The molecule has 0 saturated heterocycles. The van der Waals surface area contributed by atoms with Crippen LogP contribution in [0.1, 0.15) is 5.56 Å². The largest absolute Gasteiger partial charge is 0.389 e. The first kappa shape index (κ1) is 14.8. The van der Waals surface area contributed by atoms with Crippen molar-refractivity contribution in [3.63, 3.8) is 0 Å². The highest BCUT2D eigenvalue weighted by molar-refractivity contribution is 14.1. The molecule has 0 atom stereocenters. The number of hydrogen-bond acceptors (Lipinski definition) is 2. The maximum atomic E-state index is 6.13. The molecule has 0 fully saturated rings. The van der Waals surface area contributed by atoms with Crippen molar-refractivity contribution >= 4 is 74.4 Å². The van der Waals surface area contributed by atoms with Gasteiger partial charge in [-0.15, -0.1) is 0 Å². The topological polar surface area (TPSA) is 38.0 Å². The second-order valence-electron chi connectivity index (χ2n) is 3.78. The second-order valence-corrected chi connectivity index (χ2v) is 6.22. The van der Waals surface area contributed by atoms with E-state index in [2.05, 4.69) is 27.9 Å². The molecule has 2 nitrogen and oxygen atoms in total. The summed E-state index contributed by atoms with van der Waals surface area (Å²) in [5.41, 5.74) is 8.06. The average molecular weight is 423 g/mol. The third kappa shape index (κ3) is 3.51. The molecule has 0 bridgehead atoms. The number of halogens is 3. The molecule has 0 unspecified atom stereocenters. The van der Waals surface area contributed by atoms with Crippen LogP contribution in [0.4, 0.5) is 11.4 Å². The summed E-state index contributed by atoms with van der Waals surface area (Å²) < 4.78 is 0.999. The van der Waals surface area contributed by atoms with Crippen LogP contribution in [0.25, 0.3) is 0 Å². The number of rotatable bonds is 3. The molecule has 2 aromatic rings. The van der Waals surface area contributed by atoms with E-state index in [9.17, 15) is 0 Å². The van der Waals surface area contributed by atoms with E-state index in [0.717, 1.165) is 14.9 Å². The molecule has 0 aliphatic rings. The zero-order chi connectivity index (χ0) is 14.0. The Hall–Kier alpha value is -0.560. The van der Waals surface area contributed by atoms with Crippen molar-refractivity contribution in [3.8, 4) is 0 Å². The van der Waals surface area contributed by atoms with Gasteiger partial charge in [-0.25, -0.2) is 0 Å². The Morgan fingerprint density at radius 3 is 2.53 bits per heavy atom. The number of nitrogens with one attached hydrogen (secondary N) is 1. The molecule has 0 aromatic heterocycles. The van der Waals surface area contributed by atoms with Gasteiger partial charge < -0.3 is 11.1 Å². The lowest BCUT2D eigenvalue weighted by Gasteiger charge is -2.14. The molecule has 0 aliphatic carbocycles. The number of thiocarbonyl (C=S) groups is 1. The minimum Gasteiger partial charge on any atom is -0.389 e. The van der Waals surface area contributed by atoms with Crippen LogP contribution in [0.3, 0.4) is 0 Å².